The first-order valence-corrected chi connectivity index (χ1v) is 12.4. The zero-order valence-electron chi connectivity index (χ0n) is 19.3. The van der Waals surface area contributed by atoms with Gasteiger partial charge in [0.05, 0.1) is 13.7 Å². The quantitative estimate of drug-likeness (QED) is 0.494. The van der Waals surface area contributed by atoms with Gasteiger partial charge >= 0.3 is 6.09 Å². The molecule has 10 heteroatoms. The Morgan fingerprint density at radius 3 is 2.54 bits per heavy atom. The van der Waals surface area contributed by atoms with Crippen molar-refractivity contribution < 1.29 is 23.8 Å². The van der Waals surface area contributed by atoms with Gasteiger partial charge in [0.1, 0.15) is 28.8 Å². The number of piperidine rings is 1. The van der Waals surface area contributed by atoms with Crippen LogP contribution < -0.4 is 9.47 Å². The van der Waals surface area contributed by atoms with Gasteiger partial charge in [0.2, 0.25) is 0 Å². The molecule has 2 aliphatic heterocycles. The average Bonchev–Trinajstić information content (AvgIpc) is 3.55. The fraction of sp³-hybridized carbons (Fsp3) is 0.360. The number of likely N-dealkylation sites (tertiary alicyclic amines) is 1. The molecule has 2 aliphatic rings. The van der Waals surface area contributed by atoms with Gasteiger partial charge in [-0.05, 0) is 49.2 Å². The monoisotopic (exact) mass is 494 g/mol. The largest absolute Gasteiger partial charge is 0.497 e. The van der Waals surface area contributed by atoms with Crippen molar-refractivity contribution >= 4 is 23.3 Å². The van der Waals surface area contributed by atoms with E-state index in [4.69, 9.17) is 14.2 Å². The summed E-state index contributed by atoms with van der Waals surface area (Å²) in [5.74, 6) is 1.38. The van der Waals surface area contributed by atoms with Crippen molar-refractivity contribution in [2.24, 2.45) is 0 Å². The number of hydrogen-bond donors (Lipinski definition) is 0. The lowest BCUT2D eigenvalue weighted by molar-refractivity contribution is 0.0653. The molecule has 0 aliphatic carbocycles. The minimum atomic E-state index is -0.328. The van der Waals surface area contributed by atoms with Crippen molar-refractivity contribution in [2.45, 2.75) is 25.0 Å². The van der Waals surface area contributed by atoms with E-state index in [-0.39, 0.29) is 30.8 Å². The molecule has 1 aromatic carbocycles. The number of nitrogens with zero attached hydrogens (tertiary/aromatic N) is 4. The lowest BCUT2D eigenvalue weighted by Crippen LogP contribution is -2.47. The number of pyridine rings is 1. The molecular weight excluding hydrogens is 468 g/mol. The molecule has 4 heterocycles. The summed E-state index contributed by atoms with van der Waals surface area (Å²) in [4.78, 5) is 37.6. The Morgan fingerprint density at radius 1 is 1.11 bits per heavy atom. The summed E-state index contributed by atoms with van der Waals surface area (Å²) in [6.07, 6.45) is 4.18. The molecule has 0 saturated carbocycles. The number of amides is 2. The van der Waals surface area contributed by atoms with Crippen LogP contribution in [-0.4, -0.2) is 77.3 Å². The first-order valence-electron chi connectivity index (χ1n) is 11.5. The van der Waals surface area contributed by atoms with E-state index in [2.05, 4.69) is 9.97 Å². The lowest BCUT2D eigenvalue weighted by Gasteiger charge is -2.35. The highest BCUT2D eigenvalue weighted by Crippen LogP contribution is 2.27. The van der Waals surface area contributed by atoms with Crippen LogP contribution in [0.3, 0.4) is 0 Å². The van der Waals surface area contributed by atoms with E-state index < -0.39 is 0 Å². The zero-order valence-corrected chi connectivity index (χ0v) is 20.1. The molecule has 5 rings (SSSR count). The average molecular weight is 495 g/mol. The van der Waals surface area contributed by atoms with Gasteiger partial charge in [0, 0.05) is 42.5 Å². The number of rotatable bonds is 7. The standard InChI is InChI=1S/C25H26N4O5S/c1-32-19-2-4-20(5-3-19)33-15-21-14-29(25(31)34-21)18-8-12-28(13-9-18)24(30)22-16-35-23(27-22)17-6-10-26-11-7-17/h2-7,10-11,16,18,21H,8-9,12-15H2,1H3. The fourth-order valence-corrected chi connectivity index (χ4v) is 5.13. The van der Waals surface area contributed by atoms with E-state index >= 15 is 0 Å². The van der Waals surface area contributed by atoms with Crippen LogP contribution in [-0.2, 0) is 4.74 Å². The highest BCUT2D eigenvalue weighted by atomic mass is 32.1. The molecule has 35 heavy (non-hydrogen) atoms. The Hall–Kier alpha value is -3.66. The van der Waals surface area contributed by atoms with Crippen LogP contribution in [0, 0.1) is 0 Å². The normalized spacial score (nSPS) is 18.4. The molecule has 182 valence electrons. The van der Waals surface area contributed by atoms with Gasteiger partial charge in [0.25, 0.3) is 5.91 Å². The number of ether oxygens (including phenoxy) is 3. The van der Waals surface area contributed by atoms with Gasteiger partial charge in [0.15, 0.2) is 6.10 Å². The highest BCUT2D eigenvalue weighted by molar-refractivity contribution is 7.13. The SMILES string of the molecule is COc1ccc(OCC2CN(C3CCN(C(=O)c4csc(-c5ccncc5)n4)CC3)C(=O)O2)cc1. The van der Waals surface area contributed by atoms with E-state index in [0.29, 0.717) is 43.9 Å². The maximum Gasteiger partial charge on any atom is 0.410 e. The molecule has 2 saturated heterocycles. The van der Waals surface area contributed by atoms with Gasteiger partial charge in [-0.3, -0.25) is 9.78 Å². The number of hydrogen-bond acceptors (Lipinski definition) is 8. The van der Waals surface area contributed by atoms with Crippen LogP contribution in [0.5, 0.6) is 11.5 Å². The molecule has 1 atom stereocenters. The first kappa shape index (κ1) is 23.1. The molecule has 3 aromatic rings. The van der Waals surface area contributed by atoms with Crippen molar-refractivity contribution in [3.63, 3.8) is 0 Å². The maximum atomic E-state index is 13.0. The van der Waals surface area contributed by atoms with Gasteiger partial charge in [-0.25, -0.2) is 9.78 Å². The predicted molar refractivity (Wildman–Crippen MR) is 130 cm³/mol. The summed E-state index contributed by atoms with van der Waals surface area (Å²) in [5.41, 5.74) is 1.40. The first-order chi connectivity index (χ1) is 17.1. The molecular formula is C25H26N4O5S. The third-order valence-electron chi connectivity index (χ3n) is 6.24. The molecule has 0 bridgehead atoms. The van der Waals surface area contributed by atoms with Crippen LogP contribution in [0.15, 0.2) is 54.2 Å². The van der Waals surface area contributed by atoms with Crippen LogP contribution in [0.25, 0.3) is 10.6 Å². The Labute approximate surface area is 207 Å². The third kappa shape index (κ3) is 5.22. The second-order valence-corrected chi connectivity index (χ2v) is 9.30. The number of cyclic esters (lactones) is 1. The highest BCUT2D eigenvalue weighted by Gasteiger charge is 2.38. The number of benzene rings is 1. The van der Waals surface area contributed by atoms with E-state index in [9.17, 15) is 9.59 Å². The predicted octanol–water partition coefficient (Wildman–Crippen LogP) is 3.72. The number of methoxy groups -OCH3 is 1. The fourth-order valence-electron chi connectivity index (χ4n) is 4.33. The van der Waals surface area contributed by atoms with E-state index in [1.807, 2.05) is 41.3 Å². The van der Waals surface area contributed by atoms with Crippen molar-refractivity contribution in [3.8, 4) is 22.1 Å². The van der Waals surface area contributed by atoms with Crippen LogP contribution in [0.4, 0.5) is 4.79 Å². The minimum Gasteiger partial charge on any atom is -0.497 e. The van der Waals surface area contributed by atoms with Gasteiger partial charge in [-0.1, -0.05) is 0 Å². The summed E-state index contributed by atoms with van der Waals surface area (Å²) in [7, 11) is 1.61. The Morgan fingerprint density at radius 2 is 1.83 bits per heavy atom. The second-order valence-electron chi connectivity index (χ2n) is 8.44. The third-order valence-corrected chi connectivity index (χ3v) is 7.13. The number of carbonyl (C=O) groups excluding carboxylic acids is 2. The van der Waals surface area contributed by atoms with E-state index in [1.165, 1.54) is 11.3 Å². The van der Waals surface area contributed by atoms with Crippen LogP contribution in [0.1, 0.15) is 23.3 Å². The second kappa shape index (κ2) is 10.3. The Kier molecular flexibility index (Phi) is 6.80. The Bertz CT molecular complexity index is 1160. The topological polar surface area (TPSA) is 94.1 Å². The summed E-state index contributed by atoms with van der Waals surface area (Å²) in [6.45, 7) is 1.91. The van der Waals surface area contributed by atoms with Crippen molar-refractivity contribution in [2.75, 3.05) is 33.4 Å². The van der Waals surface area contributed by atoms with Gasteiger partial charge in [-0.2, -0.15) is 0 Å². The van der Waals surface area contributed by atoms with E-state index in [0.717, 1.165) is 16.3 Å². The smallest absolute Gasteiger partial charge is 0.410 e. The zero-order chi connectivity index (χ0) is 24.2. The lowest BCUT2D eigenvalue weighted by atomic mass is 10.0. The van der Waals surface area contributed by atoms with Gasteiger partial charge in [-0.15, -0.1) is 11.3 Å². The molecule has 0 N–H and O–H groups in total. The van der Waals surface area contributed by atoms with Gasteiger partial charge < -0.3 is 24.0 Å². The van der Waals surface area contributed by atoms with Crippen LogP contribution in [0.2, 0.25) is 0 Å². The molecule has 2 aromatic heterocycles. The molecule has 9 nitrogen and oxygen atoms in total. The van der Waals surface area contributed by atoms with Crippen molar-refractivity contribution in [1.82, 2.24) is 19.8 Å². The Balaban J connectivity index is 1.11. The summed E-state index contributed by atoms with van der Waals surface area (Å²) >= 11 is 1.45. The number of thiazole rings is 1. The van der Waals surface area contributed by atoms with Crippen LogP contribution >= 0.6 is 11.3 Å². The van der Waals surface area contributed by atoms with E-state index in [1.54, 1.807) is 29.8 Å². The molecule has 1 unspecified atom stereocenters. The summed E-state index contributed by atoms with van der Waals surface area (Å²) < 4.78 is 16.5. The molecule has 2 fully saturated rings. The minimum absolute atomic E-state index is 0.0420. The maximum absolute atomic E-state index is 13.0. The molecule has 0 radical (unpaired) electrons. The number of aromatic nitrogens is 2. The molecule has 2 amide bonds. The summed E-state index contributed by atoms with van der Waals surface area (Å²) in [5, 5.41) is 2.60. The summed E-state index contributed by atoms with van der Waals surface area (Å²) in [6, 6.07) is 11.1. The van der Waals surface area contributed by atoms with Crippen molar-refractivity contribution in [3.05, 3.63) is 59.9 Å². The molecule has 0 spiro atoms. The number of carbonyl (C=O) groups is 2. The van der Waals surface area contributed by atoms with Crippen molar-refractivity contribution in [1.29, 1.82) is 0 Å².